The molecule has 160 valence electrons. The van der Waals surface area contributed by atoms with E-state index in [2.05, 4.69) is 4.72 Å². The van der Waals surface area contributed by atoms with Gasteiger partial charge in [-0.15, -0.1) is 11.3 Å². The molecular weight excluding hydrogens is 461 g/mol. The molecule has 2 rings (SSSR count). The first-order valence-electron chi connectivity index (χ1n) is 7.28. The number of nitrogens with one attached hydrogen (secondary N) is 1. The van der Waals surface area contributed by atoms with Crippen LogP contribution in [0.2, 0.25) is 4.34 Å². The number of nitrogens with zero attached hydrogens (tertiary/aromatic N) is 1. The van der Waals surface area contributed by atoms with Gasteiger partial charge in [-0.25, -0.2) is 18.0 Å². The predicted octanol–water partition coefficient (Wildman–Crippen LogP) is 3.60. The molecule has 0 amide bonds. The Morgan fingerprint density at radius 1 is 1.14 bits per heavy atom. The Balaban J connectivity index is 0.000000516. The molecule has 1 aromatic carbocycles. The number of carboxylic acids is 2. The van der Waals surface area contributed by atoms with Gasteiger partial charge in [0.25, 0.3) is 10.0 Å². The monoisotopic (exact) mass is 474 g/mol. The van der Waals surface area contributed by atoms with Crippen LogP contribution in [0.3, 0.4) is 0 Å². The van der Waals surface area contributed by atoms with Gasteiger partial charge in [-0.05, 0) is 30.3 Å². The van der Waals surface area contributed by atoms with E-state index in [0.717, 1.165) is 11.3 Å². The summed E-state index contributed by atoms with van der Waals surface area (Å²) < 4.78 is 58.9. The lowest BCUT2D eigenvalue weighted by Crippen LogP contribution is -2.21. The maximum absolute atomic E-state index is 12.2. The van der Waals surface area contributed by atoms with Crippen LogP contribution in [0.1, 0.15) is 10.4 Å². The number of aromatic carboxylic acids is 1. The van der Waals surface area contributed by atoms with Crippen LogP contribution in [-0.4, -0.2) is 50.8 Å². The zero-order valence-electron chi connectivity index (χ0n) is 14.7. The molecule has 0 radical (unpaired) electrons. The van der Waals surface area contributed by atoms with E-state index in [-0.39, 0.29) is 15.5 Å². The van der Waals surface area contributed by atoms with Gasteiger partial charge in [0.1, 0.15) is 4.21 Å². The summed E-state index contributed by atoms with van der Waals surface area (Å²) in [5, 5.41) is 16.4. The molecule has 14 heteroatoms. The normalized spacial score (nSPS) is 11.2. The molecule has 0 atom stereocenters. The molecule has 29 heavy (non-hydrogen) atoms. The van der Waals surface area contributed by atoms with Crippen LogP contribution in [-0.2, 0) is 14.8 Å². The lowest BCUT2D eigenvalue weighted by Gasteiger charge is -2.16. The van der Waals surface area contributed by atoms with Gasteiger partial charge in [0.2, 0.25) is 0 Å². The van der Waals surface area contributed by atoms with E-state index in [9.17, 15) is 31.5 Å². The molecule has 0 aliphatic carbocycles. The van der Waals surface area contributed by atoms with Crippen molar-refractivity contribution in [1.29, 1.82) is 0 Å². The molecule has 0 saturated carbocycles. The quantitative estimate of drug-likeness (QED) is 0.604. The number of benzene rings is 1. The highest BCUT2D eigenvalue weighted by atomic mass is 35.5. The van der Waals surface area contributed by atoms with Crippen molar-refractivity contribution in [3.05, 3.63) is 40.2 Å². The Kier molecular flexibility index (Phi) is 7.89. The average Bonchev–Trinajstić information content (AvgIpc) is 3.01. The second-order valence-corrected chi connectivity index (χ2v) is 9.02. The minimum atomic E-state index is -5.08. The number of carboxylic acid groups (broad SMARTS) is 2. The van der Waals surface area contributed by atoms with Gasteiger partial charge < -0.3 is 15.1 Å². The Morgan fingerprint density at radius 3 is 2.07 bits per heavy atom. The molecule has 0 bridgehead atoms. The number of aliphatic carboxylic acids is 1. The first-order chi connectivity index (χ1) is 13.1. The highest BCUT2D eigenvalue weighted by Crippen LogP contribution is 2.29. The minimum absolute atomic E-state index is 0.00871. The van der Waals surface area contributed by atoms with Crippen LogP contribution in [0.5, 0.6) is 0 Å². The highest BCUT2D eigenvalue weighted by Gasteiger charge is 2.38. The Bertz CT molecular complexity index is 1010. The smallest absolute Gasteiger partial charge is 0.478 e. The lowest BCUT2D eigenvalue weighted by atomic mass is 10.1. The Labute approximate surface area is 172 Å². The van der Waals surface area contributed by atoms with Crippen molar-refractivity contribution in [3.8, 4) is 0 Å². The van der Waals surface area contributed by atoms with Gasteiger partial charge in [0, 0.05) is 19.8 Å². The molecule has 8 nitrogen and oxygen atoms in total. The summed E-state index contributed by atoms with van der Waals surface area (Å²) in [4.78, 5) is 21.8. The predicted molar refractivity (Wildman–Crippen MR) is 102 cm³/mol. The molecule has 1 heterocycles. The second-order valence-electron chi connectivity index (χ2n) is 5.40. The molecule has 0 fully saturated rings. The summed E-state index contributed by atoms with van der Waals surface area (Å²) in [6, 6.07) is 7.21. The number of hydrogen-bond donors (Lipinski definition) is 3. The van der Waals surface area contributed by atoms with Gasteiger partial charge in [-0.3, -0.25) is 4.72 Å². The molecule has 3 N–H and O–H groups in total. The van der Waals surface area contributed by atoms with Crippen molar-refractivity contribution >= 4 is 56.3 Å². The molecule has 0 aliphatic rings. The zero-order chi connectivity index (χ0) is 22.6. The van der Waals surface area contributed by atoms with Gasteiger partial charge in [-0.2, -0.15) is 13.2 Å². The number of carbonyl (C=O) groups is 2. The first kappa shape index (κ1) is 24.5. The summed E-state index contributed by atoms with van der Waals surface area (Å²) in [7, 11) is -0.375. The van der Waals surface area contributed by atoms with E-state index >= 15 is 0 Å². The molecular formula is C15H14ClF3N2O6S2. The second kappa shape index (κ2) is 9.33. The van der Waals surface area contributed by atoms with Crippen LogP contribution in [0.4, 0.5) is 24.5 Å². The van der Waals surface area contributed by atoms with Crippen LogP contribution >= 0.6 is 22.9 Å². The maximum atomic E-state index is 12.2. The van der Waals surface area contributed by atoms with E-state index in [1.165, 1.54) is 24.3 Å². The molecule has 0 saturated heterocycles. The Morgan fingerprint density at radius 2 is 1.69 bits per heavy atom. The number of thiophene rings is 1. The average molecular weight is 475 g/mol. The van der Waals surface area contributed by atoms with E-state index < -0.39 is 28.1 Å². The Hall–Kier alpha value is -2.51. The van der Waals surface area contributed by atoms with Crippen molar-refractivity contribution < 1.29 is 41.4 Å². The van der Waals surface area contributed by atoms with Gasteiger partial charge in [0.15, 0.2) is 0 Å². The van der Waals surface area contributed by atoms with E-state index in [0.29, 0.717) is 10.0 Å². The summed E-state index contributed by atoms with van der Waals surface area (Å²) in [5.74, 6) is -3.89. The van der Waals surface area contributed by atoms with Gasteiger partial charge in [-0.1, -0.05) is 11.6 Å². The molecule has 1 aromatic heterocycles. The summed E-state index contributed by atoms with van der Waals surface area (Å²) in [6.45, 7) is 0. The molecule has 0 spiro atoms. The molecule has 0 unspecified atom stereocenters. The SMILES string of the molecule is CN(C)c1ccc(NS(=O)(=O)c2ccc(Cl)s2)cc1C(=O)O.O=C(O)C(F)(F)F. The van der Waals surface area contributed by atoms with E-state index in [1.807, 2.05) is 0 Å². The number of halogens is 4. The van der Waals surface area contributed by atoms with Crippen LogP contribution in [0.15, 0.2) is 34.5 Å². The third-order valence-electron chi connectivity index (χ3n) is 3.02. The number of alkyl halides is 3. The highest BCUT2D eigenvalue weighted by molar-refractivity contribution is 7.94. The topological polar surface area (TPSA) is 124 Å². The molecule has 2 aromatic rings. The standard InChI is InChI=1S/C13H13ClN2O4S2.C2HF3O2/c1-16(2)10-4-3-8(7-9(10)13(17)18)15-22(19,20)12-6-5-11(14)21-12;3-2(4,5)1(6)7/h3-7,15H,1-2H3,(H,17,18);(H,6,7). The lowest BCUT2D eigenvalue weighted by molar-refractivity contribution is -0.192. The van der Waals surface area contributed by atoms with Crippen LogP contribution < -0.4 is 9.62 Å². The van der Waals surface area contributed by atoms with Crippen LogP contribution in [0, 0.1) is 0 Å². The number of rotatable bonds is 5. The fraction of sp³-hybridized carbons (Fsp3) is 0.200. The van der Waals surface area contributed by atoms with Crippen molar-refractivity contribution in [2.45, 2.75) is 10.4 Å². The van der Waals surface area contributed by atoms with Crippen molar-refractivity contribution in [1.82, 2.24) is 0 Å². The van der Waals surface area contributed by atoms with Gasteiger partial charge in [0.05, 0.1) is 15.6 Å². The van der Waals surface area contributed by atoms with Crippen molar-refractivity contribution in [2.75, 3.05) is 23.7 Å². The maximum Gasteiger partial charge on any atom is 0.490 e. The number of hydrogen-bond acceptors (Lipinski definition) is 6. The summed E-state index contributed by atoms with van der Waals surface area (Å²) in [5.41, 5.74) is 0.663. The molecule has 0 aliphatic heterocycles. The number of anilines is 2. The zero-order valence-corrected chi connectivity index (χ0v) is 17.1. The fourth-order valence-electron chi connectivity index (χ4n) is 1.81. The largest absolute Gasteiger partial charge is 0.490 e. The summed E-state index contributed by atoms with van der Waals surface area (Å²) in [6.07, 6.45) is -5.08. The third kappa shape index (κ3) is 7.11. The van der Waals surface area contributed by atoms with E-state index in [4.69, 9.17) is 21.5 Å². The van der Waals surface area contributed by atoms with E-state index in [1.54, 1.807) is 25.1 Å². The number of sulfonamides is 1. The van der Waals surface area contributed by atoms with Crippen LogP contribution in [0.25, 0.3) is 0 Å². The fourth-order valence-corrected chi connectivity index (χ4v) is 4.34. The first-order valence-corrected chi connectivity index (χ1v) is 9.96. The summed E-state index contributed by atoms with van der Waals surface area (Å²) >= 11 is 6.66. The van der Waals surface area contributed by atoms with Gasteiger partial charge >= 0.3 is 18.1 Å². The van der Waals surface area contributed by atoms with Crippen molar-refractivity contribution in [3.63, 3.8) is 0 Å². The third-order valence-corrected chi connectivity index (χ3v) is 6.12. The minimum Gasteiger partial charge on any atom is -0.478 e. The van der Waals surface area contributed by atoms with Crippen molar-refractivity contribution in [2.24, 2.45) is 0 Å².